The fourth-order valence-corrected chi connectivity index (χ4v) is 2.11. The Kier molecular flexibility index (Phi) is 5.08. The van der Waals surface area contributed by atoms with Crippen LogP contribution >= 0.6 is 0 Å². The van der Waals surface area contributed by atoms with E-state index in [0.717, 1.165) is 10.9 Å². The highest BCUT2D eigenvalue weighted by atomic mass is 16.5. The molecular formula is C15H20N4O2. The van der Waals surface area contributed by atoms with Crippen molar-refractivity contribution in [2.24, 2.45) is 11.8 Å². The average Bonchev–Trinajstić information content (AvgIpc) is 2.51. The van der Waals surface area contributed by atoms with Crippen LogP contribution in [0.25, 0.3) is 10.9 Å². The van der Waals surface area contributed by atoms with Gasteiger partial charge in [-0.1, -0.05) is 25.1 Å². The first-order valence-corrected chi connectivity index (χ1v) is 6.79. The van der Waals surface area contributed by atoms with Crippen molar-refractivity contribution in [2.45, 2.75) is 6.92 Å². The molecule has 112 valence electrons. The lowest BCUT2D eigenvalue weighted by molar-refractivity contribution is 0.0929. The van der Waals surface area contributed by atoms with Crippen LogP contribution in [0.5, 0.6) is 0 Å². The molecule has 0 radical (unpaired) electrons. The van der Waals surface area contributed by atoms with Gasteiger partial charge in [-0.25, -0.2) is 4.98 Å². The predicted molar refractivity (Wildman–Crippen MR) is 82.9 cm³/mol. The number of amides is 1. The van der Waals surface area contributed by atoms with Crippen LogP contribution in [0.3, 0.4) is 0 Å². The molecule has 1 amide bonds. The monoisotopic (exact) mass is 288 g/mol. The number of benzene rings is 1. The quantitative estimate of drug-likeness (QED) is 0.554. The zero-order valence-corrected chi connectivity index (χ0v) is 12.2. The first kappa shape index (κ1) is 15.2. The summed E-state index contributed by atoms with van der Waals surface area (Å²) in [6, 6.07) is 9.17. The van der Waals surface area contributed by atoms with Gasteiger partial charge in [0.2, 0.25) is 0 Å². The summed E-state index contributed by atoms with van der Waals surface area (Å²) in [6.45, 7) is 3.14. The first-order valence-electron chi connectivity index (χ1n) is 6.79. The van der Waals surface area contributed by atoms with Gasteiger partial charge in [-0.2, -0.15) is 0 Å². The Morgan fingerprint density at radius 3 is 2.90 bits per heavy atom. The van der Waals surface area contributed by atoms with Gasteiger partial charge in [0.1, 0.15) is 5.69 Å². The molecule has 2 rings (SSSR count). The molecule has 0 fully saturated rings. The maximum atomic E-state index is 12.2. The van der Waals surface area contributed by atoms with Crippen LogP contribution in [-0.4, -0.2) is 31.2 Å². The summed E-state index contributed by atoms with van der Waals surface area (Å²) in [4.78, 5) is 16.6. The van der Waals surface area contributed by atoms with E-state index in [0.29, 0.717) is 24.5 Å². The minimum absolute atomic E-state index is 0.222. The number of hydrazine groups is 1. The highest BCUT2D eigenvalue weighted by molar-refractivity contribution is 5.99. The third-order valence-electron chi connectivity index (χ3n) is 3.17. The Hall–Kier alpha value is -2.18. The molecule has 0 saturated heterocycles. The summed E-state index contributed by atoms with van der Waals surface area (Å²) < 4.78 is 5.04. The lowest BCUT2D eigenvalue weighted by atomic mass is 10.1. The van der Waals surface area contributed by atoms with Crippen LogP contribution in [0.2, 0.25) is 0 Å². The number of hydrogen-bond acceptors (Lipinski definition) is 5. The third kappa shape index (κ3) is 3.68. The lowest BCUT2D eigenvalue weighted by Crippen LogP contribution is -2.30. The smallest absolute Gasteiger partial charge is 0.269 e. The van der Waals surface area contributed by atoms with Gasteiger partial charge < -0.3 is 15.5 Å². The number of ether oxygens (including phenoxy) is 1. The van der Waals surface area contributed by atoms with E-state index in [4.69, 9.17) is 10.6 Å². The van der Waals surface area contributed by atoms with Crippen LogP contribution in [0, 0.1) is 5.92 Å². The second kappa shape index (κ2) is 7.01. The summed E-state index contributed by atoms with van der Waals surface area (Å²) in [6.07, 6.45) is 0. The predicted octanol–water partition coefficient (Wildman–Crippen LogP) is 1.53. The summed E-state index contributed by atoms with van der Waals surface area (Å²) in [7, 11) is 1.64. The molecule has 6 nitrogen and oxygen atoms in total. The summed E-state index contributed by atoms with van der Waals surface area (Å²) in [5.74, 6) is 5.54. The second-order valence-corrected chi connectivity index (χ2v) is 4.99. The molecule has 21 heavy (non-hydrogen) atoms. The Balaban J connectivity index is 2.19. The van der Waals surface area contributed by atoms with Crippen LogP contribution in [0.15, 0.2) is 30.3 Å². The second-order valence-electron chi connectivity index (χ2n) is 4.99. The van der Waals surface area contributed by atoms with E-state index in [9.17, 15) is 4.79 Å². The Morgan fingerprint density at radius 2 is 2.19 bits per heavy atom. The molecule has 0 spiro atoms. The number of carbonyl (C=O) groups excluding carboxylic acids is 1. The molecule has 1 heterocycles. The van der Waals surface area contributed by atoms with E-state index >= 15 is 0 Å². The average molecular weight is 288 g/mol. The van der Waals surface area contributed by atoms with Crippen LogP contribution in [-0.2, 0) is 4.74 Å². The van der Waals surface area contributed by atoms with Gasteiger partial charge in [0.15, 0.2) is 0 Å². The Morgan fingerprint density at radius 1 is 1.43 bits per heavy atom. The first-order chi connectivity index (χ1) is 10.2. The zero-order chi connectivity index (χ0) is 15.2. The number of fused-ring (bicyclic) bond motifs is 1. The van der Waals surface area contributed by atoms with Crippen molar-refractivity contribution in [3.63, 3.8) is 0 Å². The maximum Gasteiger partial charge on any atom is 0.269 e. The van der Waals surface area contributed by atoms with Gasteiger partial charge in [0, 0.05) is 19.0 Å². The van der Waals surface area contributed by atoms with E-state index in [1.807, 2.05) is 31.2 Å². The largest absolute Gasteiger partial charge is 0.384 e. The zero-order valence-electron chi connectivity index (χ0n) is 12.2. The van der Waals surface area contributed by atoms with Gasteiger partial charge in [-0.05, 0) is 18.1 Å². The van der Waals surface area contributed by atoms with E-state index in [1.54, 1.807) is 13.2 Å². The summed E-state index contributed by atoms with van der Waals surface area (Å²) in [5.41, 5.74) is 4.35. The number of rotatable bonds is 6. The molecule has 6 heteroatoms. The minimum atomic E-state index is -0.222. The molecule has 1 atom stereocenters. The number of anilines is 1. The number of hydrogen-bond donors (Lipinski definition) is 3. The van der Waals surface area contributed by atoms with Crippen LogP contribution < -0.4 is 16.6 Å². The molecule has 0 aliphatic heterocycles. The summed E-state index contributed by atoms with van der Waals surface area (Å²) >= 11 is 0. The van der Waals surface area contributed by atoms with Gasteiger partial charge in [0.25, 0.3) is 5.91 Å². The molecular weight excluding hydrogens is 268 g/mol. The van der Waals surface area contributed by atoms with E-state index in [-0.39, 0.29) is 11.8 Å². The molecule has 0 aliphatic rings. The number of pyridine rings is 1. The van der Waals surface area contributed by atoms with Crippen LogP contribution in [0.4, 0.5) is 5.69 Å². The highest BCUT2D eigenvalue weighted by Gasteiger charge is 2.12. The van der Waals surface area contributed by atoms with Crippen molar-refractivity contribution in [1.29, 1.82) is 0 Å². The normalized spacial score (nSPS) is 12.1. The molecule has 2 aromatic rings. The standard InChI is InChI=1S/C15H20N4O2/c1-10(9-21-2)8-17-15(20)14-7-13(19-16)11-5-3-4-6-12(11)18-14/h3-7,10H,8-9,16H2,1-2H3,(H,17,20)(H,18,19). The number of nitrogens with zero attached hydrogens (tertiary/aromatic N) is 1. The molecule has 1 unspecified atom stereocenters. The Bertz CT molecular complexity index is 630. The highest BCUT2D eigenvalue weighted by Crippen LogP contribution is 2.22. The molecule has 0 saturated carbocycles. The SMILES string of the molecule is COCC(C)CNC(=O)c1cc(NN)c2ccccc2n1. The van der Waals surface area contributed by atoms with Gasteiger partial charge in [-0.15, -0.1) is 0 Å². The van der Waals surface area contributed by atoms with E-state index < -0.39 is 0 Å². The summed E-state index contributed by atoms with van der Waals surface area (Å²) in [5, 5.41) is 3.73. The molecule has 1 aromatic heterocycles. The maximum absolute atomic E-state index is 12.2. The molecule has 0 bridgehead atoms. The van der Waals surface area contributed by atoms with Crippen molar-refractivity contribution >= 4 is 22.5 Å². The van der Waals surface area contributed by atoms with Gasteiger partial charge in [-0.3, -0.25) is 10.6 Å². The number of nitrogen functional groups attached to an aromatic ring is 1. The number of aromatic nitrogens is 1. The number of para-hydroxylation sites is 1. The number of nitrogens with one attached hydrogen (secondary N) is 2. The number of methoxy groups -OCH3 is 1. The van der Waals surface area contributed by atoms with E-state index in [1.165, 1.54) is 0 Å². The Labute approximate surface area is 123 Å². The van der Waals surface area contributed by atoms with Crippen molar-refractivity contribution in [2.75, 3.05) is 25.7 Å². The lowest BCUT2D eigenvalue weighted by Gasteiger charge is -2.12. The van der Waals surface area contributed by atoms with E-state index in [2.05, 4.69) is 15.7 Å². The molecule has 0 aliphatic carbocycles. The van der Waals surface area contributed by atoms with Crippen molar-refractivity contribution in [3.8, 4) is 0 Å². The van der Waals surface area contributed by atoms with Gasteiger partial charge >= 0.3 is 0 Å². The van der Waals surface area contributed by atoms with Crippen molar-refractivity contribution in [3.05, 3.63) is 36.0 Å². The van der Waals surface area contributed by atoms with Crippen molar-refractivity contribution < 1.29 is 9.53 Å². The topological polar surface area (TPSA) is 89.3 Å². The number of nitrogens with two attached hydrogens (primary N) is 1. The van der Waals surface area contributed by atoms with Crippen LogP contribution in [0.1, 0.15) is 17.4 Å². The third-order valence-corrected chi connectivity index (χ3v) is 3.17. The van der Waals surface area contributed by atoms with Crippen molar-refractivity contribution in [1.82, 2.24) is 10.3 Å². The fourth-order valence-electron chi connectivity index (χ4n) is 2.11. The number of carbonyl (C=O) groups is 1. The molecule has 1 aromatic carbocycles. The molecule has 4 N–H and O–H groups in total. The fraction of sp³-hybridized carbons (Fsp3) is 0.333. The van der Waals surface area contributed by atoms with Gasteiger partial charge in [0.05, 0.1) is 17.8 Å². The minimum Gasteiger partial charge on any atom is -0.384 e.